The fourth-order valence-electron chi connectivity index (χ4n) is 0.475. The first-order valence-corrected chi connectivity index (χ1v) is 2.27. The maximum absolute atomic E-state index is 11.6. The van der Waals surface area contributed by atoms with Crippen molar-refractivity contribution in [2.45, 2.75) is 6.30 Å². The lowest BCUT2D eigenvalue weighted by Crippen LogP contribution is -2.33. The zero-order valence-corrected chi connectivity index (χ0v) is 4.39. The van der Waals surface area contributed by atoms with Crippen molar-refractivity contribution in [2.24, 2.45) is 0 Å². The van der Waals surface area contributed by atoms with Gasteiger partial charge in [-0.3, -0.25) is 10.2 Å². The summed E-state index contributed by atoms with van der Waals surface area (Å²) < 4.78 is 34.7. The van der Waals surface area contributed by atoms with Gasteiger partial charge in [-0.05, 0) is 0 Å². The van der Waals surface area contributed by atoms with Crippen LogP contribution in [0.5, 0.6) is 0 Å². The van der Waals surface area contributed by atoms with E-state index < -0.39 is 6.30 Å². The molecule has 0 spiro atoms. The Bertz CT molecular complexity index is 128. The summed E-state index contributed by atoms with van der Waals surface area (Å²) in [6.07, 6.45) is -2.23. The predicted molar refractivity (Wildman–Crippen MR) is 24.0 cm³/mol. The van der Waals surface area contributed by atoms with E-state index in [0.717, 1.165) is 12.4 Å². The molecular weight excluding hydrogens is 133 g/mol. The zero-order chi connectivity index (χ0) is 6.91. The second-order valence-corrected chi connectivity index (χ2v) is 1.56. The Morgan fingerprint density at radius 3 is 2.33 bits per heavy atom. The van der Waals surface area contributed by atoms with Gasteiger partial charge in [0, 0.05) is 12.4 Å². The molecule has 0 aromatic rings. The molecule has 1 radical (unpaired) electrons. The Balaban J connectivity index is 2.53. The van der Waals surface area contributed by atoms with Crippen molar-refractivity contribution in [2.75, 3.05) is 6.67 Å². The average Bonchev–Trinajstić information content (AvgIpc) is 2.08. The maximum atomic E-state index is 11.6. The summed E-state index contributed by atoms with van der Waals surface area (Å²) in [7, 11) is 0. The summed E-state index contributed by atoms with van der Waals surface area (Å²) in [4.78, 5) is 0.201. The van der Waals surface area contributed by atoms with Gasteiger partial charge in [-0.25, -0.2) is 0 Å². The Hall–Kier alpha value is -0.870. The van der Waals surface area contributed by atoms with Gasteiger partial charge >= 0.3 is 6.30 Å². The summed E-state index contributed by atoms with van der Waals surface area (Å²) >= 11 is 0. The van der Waals surface area contributed by atoms with Crippen LogP contribution in [0.3, 0.4) is 0 Å². The van der Waals surface area contributed by atoms with Crippen molar-refractivity contribution in [1.82, 2.24) is 10.2 Å². The number of halogens is 3. The van der Waals surface area contributed by atoms with E-state index >= 15 is 0 Å². The molecule has 0 unspecified atom stereocenters. The molecular formula is C4H4F3N2. The molecule has 0 aliphatic carbocycles. The largest absolute Gasteiger partial charge is 0.485 e. The van der Waals surface area contributed by atoms with Gasteiger partial charge in [0.15, 0.2) is 0 Å². The molecule has 0 fully saturated rings. The molecule has 5 heteroatoms. The average molecular weight is 137 g/mol. The van der Waals surface area contributed by atoms with Gasteiger partial charge in [-0.1, -0.05) is 0 Å². The van der Waals surface area contributed by atoms with Crippen molar-refractivity contribution >= 4 is 0 Å². The molecule has 0 aromatic carbocycles. The fourth-order valence-corrected chi connectivity index (χ4v) is 0.475. The van der Waals surface area contributed by atoms with E-state index in [-0.39, 0.29) is 11.6 Å². The number of rotatable bonds is 0. The highest BCUT2D eigenvalue weighted by atomic mass is 19.4. The van der Waals surface area contributed by atoms with Gasteiger partial charge in [0.05, 0.1) is 0 Å². The SMILES string of the molecule is FC(F)(F)N1C=C[N]C1. The first kappa shape index (κ1) is 6.25. The Labute approximate surface area is 49.9 Å². The van der Waals surface area contributed by atoms with Gasteiger partial charge in [0.25, 0.3) is 0 Å². The number of nitrogens with zero attached hydrogens (tertiary/aromatic N) is 2. The van der Waals surface area contributed by atoms with Gasteiger partial charge in [-0.15, -0.1) is 0 Å². The van der Waals surface area contributed by atoms with Crippen LogP contribution in [0.2, 0.25) is 0 Å². The normalized spacial score (nSPS) is 18.3. The Kier molecular flexibility index (Phi) is 1.27. The summed E-state index contributed by atoms with van der Waals surface area (Å²) in [5.74, 6) is 0. The number of alkyl halides is 3. The minimum atomic E-state index is -4.27. The molecule has 0 N–H and O–H groups in total. The minimum absolute atomic E-state index is 0.201. The van der Waals surface area contributed by atoms with Crippen LogP contribution in [0.4, 0.5) is 13.2 Å². The standard InChI is InChI=1S/C4H4F3N2/c5-4(6,7)9-2-1-8-3-9/h1-2H,3H2. The molecule has 0 atom stereocenters. The van der Waals surface area contributed by atoms with E-state index in [9.17, 15) is 13.2 Å². The van der Waals surface area contributed by atoms with Crippen molar-refractivity contribution in [3.63, 3.8) is 0 Å². The van der Waals surface area contributed by atoms with E-state index in [2.05, 4.69) is 5.32 Å². The van der Waals surface area contributed by atoms with E-state index in [1.807, 2.05) is 0 Å². The summed E-state index contributed by atoms with van der Waals surface area (Å²) in [5, 5.41) is 3.36. The highest BCUT2D eigenvalue weighted by Crippen LogP contribution is 2.22. The molecule has 51 valence electrons. The maximum Gasteiger partial charge on any atom is 0.485 e. The molecule has 0 saturated heterocycles. The molecule has 0 bridgehead atoms. The highest BCUT2D eigenvalue weighted by molar-refractivity contribution is 4.87. The van der Waals surface area contributed by atoms with Gasteiger partial charge in [0.1, 0.15) is 6.67 Å². The van der Waals surface area contributed by atoms with Crippen LogP contribution >= 0.6 is 0 Å². The molecule has 1 aliphatic rings. The number of hydrogen-bond donors (Lipinski definition) is 0. The van der Waals surface area contributed by atoms with Gasteiger partial charge < -0.3 is 0 Å². The van der Waals surface area contributed by atoms with E-state index in [1.54, 1.807) is 0 Å². The third-order valence-corrected chi connectivity index (χ3v) is 0.912. The van der Waals surface area contributed by atoms with Crippen molar-refractivity contribution in [3.8, 4) is 0 Å². The molecule has 0 aromatic heterocycles. The lowest BCUT2D eigenvalue weighted by molar-refractivity contribution is -0.225. The van der Waals surface area contributed by atoms with Gasteiger partial charge in [-0.2, -0.15) is 13.2 Å². The quantitative estimate of drug-likeness (QED) is 0.452. The summed E-state index contributed by atoms with van der Waals surface area (Å²) in [6, 6.07) is 0. The second kappa shape index (κ2) is 1.82. The van der Waals surface area contributed by atoms with Gasteiger partial charge in [0.2, 0.25) is 0 Å². The molecule has 2 nitrogen and oxygen atoms in total. The van der Waals surface area contributed by atoms with Crippen molar-refractivity contribution in [3.05, 3.63) is 12.4 Å². The first-order chi connectivity index (χ1) is 4.11. The molecule has 1 rings (SSSR count). The molecule has 1 heterocycles. The number of hydrogen-bond acceptors (Lipinski definition) is 1. The smallest absolute Gasteiger partial charge is 0.270 e. The Morgan fingerprint density at radius 1 is 1.44 bits per heavy atom. The molecule has 0 amide bonds. The first-order valence-electron chi connectivity index (χ1n) is 2.27. The summed E-state index contributed by atoms with van der Waals surface area (Å²) in [5.41, 5.74) is 0. The summed E-state index contributed by atoms with van der Waals surface area (Å²) in [6.45, 7) is -0.302. The molecule has 9 heavy (non-hydrogen) atoms. The van der Waals surface area contributed by atoms with Crippen LogP contribution in [0.15, 0.2) is 12.4 Å². The Morgan fingerprint density at radius 2 is 2.11 bits per heavy atom. The predicted octanol–water partition coefficient (Wildman–Crippen LogP) is 0.855. The van der Waals surface area contributed by atoms with Crippen molar-refractivity contribution in [1.29, 1.82) is 0 Å². The highest BCUT2D eigenvalue weighted by Gasteiger charge is 2.36. The van der Waals surface area contributed by atoms with Crippen LogP contribution in [-0.4, -0.2) is 17.9 Å². The van der Waals surface area contributed by atoms with Crippen LogP contribution in [0.1, 0.15) is 0 Å². The minimum Gasteiger partial charge on any atom is -0.270 e. The lowest BCUT2D eigenvalue weighted by Gasteiger charge is -2.16. The second-order valence-electron chi connectivity index (χ2n) is 1.56. The third-order valence-electron chi connectivity index (χ3n) is 0.912. The molecule has 1 aliphatic heterocycles. The topological polar surface area (TPSA) is 17.3 Å². The fraction of sp³-hybridized carbons (Fsp3) is 0.500. The van der Waals surface area contributed by atoms with E-state index in [0.29, 0.717) is 0 Å². The van der Waals surface area contributed by atoms with E-state index in [4.69, 9.17) is 0 Å². The van der Waals surface area contributed by atoms with Crippen molar-refractivity contribution < 1.29 is 13.2 Å². The lowest BCUT2D eigenvalue weighted by atomic mass is 10.8. The van der Waals surface area contributed by atoms with Crippen LogP contribution in [0.25, 0.3) is 0 Å². The van der Waals surface area contributed by atoms with Crippen LogP contribution in [-0.2, 0) is 0 Å². The monoisotopic (exact) mass is 137 g/mol. The van der Waals surface area contributed by atoms with E-state index in [1.165, 1.54) is 0 Å². The third kappa shape index (κ3) is 1.28. The zero-order valence-electron chi connectivity index (χ0n) is 4.39. The molecule has 0 saturated carbocycles. The van der Waals surface area contributed by atoms with Crippen LogP contribution in [0, 0.1) is 0 Å². The van der Waals surface area contributed by atoms with Crippen LogP contribution < -0.4 is 5.32 Å².